The number of aryl methyl sites for hydroxylation is 3. The number of furan rings is 1. The van der Waals surface area contributed by atoms with Gasteiger partial charge in [0.15, 0.2) is 11.4 Å². The molecule has 31 heavy (non-hydrogen) atoms. The van der Waals surface area contributed by atoms with E-state index in [1.165, 1.54) is 19.9 Å². The average molecular weight is 439 g/mol. The molecule has 0 aliphatic heterocycles. The zero-order chi connectivity index (χ0) is 22.9. The zero-order valence-corrected chi connectivity index (χ0v) is 19.3. The van der Waals surface area contributed by atoms with E-state index in [9.17, 15) is 14.7 Å². The Morgan fingerprint density at radius 3 is 2.32 bits per heavy atom. The first-order valence-corrected chi connectivity index (χ1v) is 11.1. The third-order valence-corrected chi connectivity index (χ3v) is 5.83. The van der Waals surface area contributed by atoms with Crippen LogP contribution in [-0.4, -0.2) is 28.7 Å². The smallest absolute Gasteiger partial charge is 0.347 e. The van der Waals surface area contributed by atoms with Gasteiger partial charge in [-0.15, -0.1) is 11.8 Å². The lowest BCUT2D eigenvalue weighted by Crippen LogP contribution is -2.38. The van der Waals surface area contributed by atoms with E-state index in [4.69, 9.17) is 9.15 Å². The summed E-state index contributed by atoms with van der Waals surface area (Å²) in [5.41, 5.74) is 2.22. The van der Waals surface area contributed by atoms with Crippen LogP contribution in [-0.2, 0) is 4.79 Å². The van der Waals surface area contributed by atoms with E-state index in [1.807, 2.05) is 51.3 Å². The van der Waals surface area contributed by atoms with Crippen LogP contribution in [0.2, 0.25) is 0 Å². The molecule has 0 saturated carbocycles. The lowest BCUT2D eigenvalue weighted by Gasteiger charge is -2.24. The molecule has 0 bridgehead atoms. The third kappa shape index (κ3) is 4.69. The van der Waals surface area contributed by atoms with E-state index < -0.39 is 11.6 Å². The van der Waals surface area contributed by atoms with Crippen LogP contribution in [0, 0.1) is 20.8 Å². The number of fused-ring (bicyclic) bond motifs is 1. The fourth-order valence-corrected chi connectivity index (χ4v) is 3.97. The van der Waals surface area contributed by atoms with E-state index in [-0.39, 0.29) is 5.78 Å². The standard InChI is InChI=1S/C25H26O5S/c1-14-11-17(12-15(2)22(14)30-25(4,5)24(27)28)7-9-20(26)18-8-10-21(31-6)19-13-16(3)29-23(18)19/h7-13H,1-6H3,(H,27,28)/b9-7+. The summed E-state index contributed by atoms with van der Waals surface area (Å²) in [6.07, 6.45) is 5.27. The number of allylic oxidation sites excluding steroid dienone is 1. The van der Waals surface area contributed by atoms with Crippen molar-refractivity contribution >= 4 is 40.6 Å². The molecule has 0 saturated heterocycles. The van der Waals surface area contributed by atoms with Crippen LogP contribution in [0.25, 0.3) is 17.0 Å². The minimum absolute atomic E-state index is 0.144. The van der Waals surface area contributed by atoms with E-state index in [2.05, 4.69) is 0 Å². The van der Waals surface area contributed by atoms with Gasteiger partial charge in [0.25, 0.3) is 0 Å². The molecule has 5 nitrogen and oxygen atoms in total. The van der Waals surface area contributed by atoms with Crippen molar-refractivity contribution in [2.75, 3.05) is 6.26 Å². The molecule has 0 amide bonds. The van der Waals surface area contributed by atoms with Gasteiger partial charge in [0, 0.05) is 10.3 Å². The van der Waals surface area contributed by atoms with E-state index in [0.717, 1.165) is 32.7 Å². The maximum atomic E-state index is 12.9. The highest BCUT2D eigenvalue weighted by atomic mass is 32.2. The quantitative estimate of drug-likeness (QED) is 0.268. The average Bonchev–Trinajstić information content (AvgIpc) is 3.09. The summed E-state index contributed by atoms with van der Waals surface area (Å²) < 4.78 is 11.5. The Hall–Kier alpha value is -2.99. The molecule has 1 aromatic heterocycles. The monoisotopic (exact) mass is 438 g/mol. The minimum Gasteiger partial charge on any atom is -0.478 e. The van der Waals surface area contributed by atoms with E-state index >= 15 is 0 Å². The Kier molecular flexibility index (Phi) is 6.32. The molecule has 0 spiro atoms. The number of ketones is 1. The molecule has 0 aliphatic rings. The molecule has 3 aromatic rings. The van der Waals surface area contributed by atoms with Crippen LogP contribution in [0.15, 0.2) is 45.7 Å². The summed E-state index contributed by atoms with van der Waals surface area (Å²) in [6.45, 7) is 8.61. The molecule has 0 atom stereocenters. The molecule has 0 aliphatic carbocycles. The van der Waals surface area contributed by atoms with Crippen molar-refractivity contribution in [3.8, 4) is 5.75 Å². The number of benzene rings is 2. The highest BCUT2D eigenvalue weighted by Crippen LogP contribution is 2.32. The van der Waals surface area contributed by atoms with Crippen LogP contribution < -0.4 is 4.74 Å². The van der Waals surface area contributed by atoms with Crippen molar-refractivity contribution in [1.82, 2.24) is 0 Å². The van der Waals surface area contributed by atoms with Crippen molar-refractivity contribution < 1.29 is 23.8 Å². The number of hydrogen-bond acceptors (Lipinski definition) is 5. The highest BCUT2D eigenvalue weighted by molar-refractivity contribution is 7.98. The van der Waals surface area contributed by atoms with Gasteiger partial charge in [0.2, 0.25) is 0 Å². The molecular weight excluding hydrogens is 412 g/mol. The van der Waals surface area contributed by atoms with Crippen LogP contribution >= 0.6 is 11.8 Å². The lowest BCUT2D eigenvalue weighted by molar-refractivity contribution is -0.152. The summed E-state index contributed by atoms with van der Waals surface area (Å²) in [6, 6.07) is 9.42. The maximum absolute atomic E-state index is 12.9. The predicted molar refractivity (Wildman–Crippen MR) is 124 cm³/mol. The van der Waals surface area contributed by atoms with E-state index in [1.54, 1.807) is 23.9 Å². The molecule has 0 fully saturated rings. The first-order valence-electron chi connectivity index (χ1n) is 9.86. The topological polar surface area (TPSA) is 76.7 Å². The summed E-state index contributed by atoms with van der Waals surface area (Å²) in [7, 11) is 0. The summed E-state index contributed by atoms with van der Waals surface area (Å²) >= 11 is 1.61. The number of thioether (sulfide) groups is 1. The number of carboxylic acid groups (broad SMARTS) is 1. The lowest BCUT2D eigenvalue weighted by atomic mass is 10.0. The first kappa shape index (κ1) is 22.7. The van der Waals surface area contributed by atoms with Gasteiger partial charge in [-0.05, 0) is 94.0 Å². The molecule has 2 aromatic carbocycles. The van der Waals surface area contributed by atoms with Crippen LogP contribution in [0.5, 0.6) is 5.75 Å². The number of carboxylic acids is 1. The second-order valence-corrected chi connectivity index (χ2v) is 8.86. The Labute approximate surface area is 186 Å². The number of rotatable bonds is 7. The fraction of sp³-hybridized carbons (Fsp3) is 0.280. The summed E-state index contributed by atoms with van der Waals surface area (Å²) in [4.78, 5) is 25.3. The van der Waals surface area contributed by atoms with Crippen LogP contribution in [0.3, 0.4) is 0 Å². The second kappa shape index (κ2) is 8.63. The summed E-state index contributed by atoms with van der Waals surface area (Å²) in [5.74, 6) is 0.124. The van der Waals surface area contributed by atoms with Gasteiger partial charge in [-0.25, -0.2) is 4.79 Å². The number of aliphatic carboxylic acids is 1. The number of ether oxygens (including phenoxy) is 1. The number of carbonyl (C=O) groups is 2. The van der Waals surface area contributed by atoms with Crippen molar-refractivity contribution in [2.45, 2.75) is 45.1 Å². The van der Waals surface area contributed by atoms with Crippen molar-refractivity contribution in [3.05, 3.63) is 64.4 Å². The normalized spacial score (nSPS) is 11.9. The predicted octanol–water partition coefficient (Wildman–Crippen LogP) is 6.22. The van der Waals surface area contributed by atoms with Crippen molar-refractivity contribution in [1.29, 1.82) is 0 Å². The SMILES string of the molecule is CSc1ccc(C(=O)/C=C/c2cc(C)c(OC(C)(C)C(=O)O)c(C)c2)c2oc(C)cc12. The molecule has 162 valence electrons. The molecular formula is C25H26O5S. The minimum atomic E-state index is -1.33. The van der Waals surface area contributed by atoms with Crippen molar-refractivity contribution in [2.24, 2.45) is 0 Å². The maximum Gasteiger partial charge on any atom is 0.347 e. The highest BCUT2D eigenvalue weighted by Gasteiger charge is 2.30. The Balaban J connectivity index is 1.90. The number of hydrogen-bond donors (Lipinski definition) is 1. The molecule has 1 N–H and O–H groups in total. The van der Waals surface area contributed by atoms with E-state index in [0.29, 0.717) is 16.9 Å². The largest absolute Gasteiger partial charge is 0.478 e. The Bertz CT molecular complexity index is 1180. The van der Waals surface area contributed by atoms with Crippen LogP contribution in [0.1, 0.15) is 46.7 Å². The van der Waals surface area contributed by atoms with Gasteiger partial charge in [0.05, 0.1) is 5.56 Å². The van der Waals surface area contributed by atoms with Gasteiger partial charge in [0.1, 0.15) is 17.1 Å². The Morgan fingerprint density at radius 1 is 1.10 bits per heavy atom. The van der Waals surface area contributed by atoms with Crippen LogP contribution in [0.4, 0.5) is 0 Å². The van der Waals surface area contributed by atoms with Gasteiger partial charge < -0.3 is 14.3 Å². The fourth-order valence-electron chi connectivity index (χ4n) is 3.40. The molecule has 0 radical (unpaired) electrons. The van der Waals surface area contributed by atoms with Crippen molar-refractivity contribution in [3.63, 3.8) is 0 Å². The second-order valence-electron chi connectivity index (χ2n) is 8.01. The Morgan fingerprint density at radius 2 is 1.74 bits per heavy atom. The summed E-state index contributed by atoms with van der Waals surface area (Å²) in [5, 5.41) is 10.3. The van der Waals surface area contributed by atoms with Gasteiger partial charge in [-0.2, -0.15) is 0 Å². The molecule has 3 rings (SSSR count). The van der Waals surface area contributed by atoms with Gasteiger partial charge in [-0.1, -0.05) is 6.08 Å². The number of carbonyl (C=O) groups excluding carboxylic acids is 1. The first-order chi connectivity index (χ1) is 14.5. The molecule has 0 unspecified atom stereocenters. The van der Waals surface area contributed by atoms with Gasteiger partial charge in [-0.3, -0.25) is 4.79 Å². The molecule has 6 heteroatoms. The van der Waals surface area contributed by atoms with Gasteiger partial charge >= 0.3 is 5.97 Å². The molecule has 1 heterocycles. The zero-order valence-electron chi connectivity index (χ0n) is 18.5. The third-order valence-electron chi connectivity index (χ3n) is 5.03.